The third-order valence-electron chi connectivity index (χ3n) is 2.46. The predicted molar refractivity (Wildman–Crippen MR) is 83.9 cm³/mol. The molecule has 110 valence electrons. The molecule has 0 saturated carbocycles. The molecule has 0 N–H and O–H groups in total. The average molecular weight is 265 g/mol. The van der Waals surface area contributed by atoms with E-state index in [2.05, 4.69) is 64.9 Å². The van der Waals surface area contributed by atoms with Crippen molar-refractivity contribution in [3.05, 3.63) is 12.3 Å². The Morgan fingerprint density at radius 3 is 2.21 bits per heavy atom. The molecule has 0 fully saturated rings. The van der Waals surface area contributed by atoms with Crippen LogP contribution in [0.25, 0.3) is 0 Å². The zero-order chi connectivity index (χ0) is 15.1. The van der Waals surface area contributed by atoms with Crippen LogP contribution >= 0.6 is 0 Å². The van der Waals surface area contributed by atoms with Gasteiger partial charge in [-0.15, -0.1) is 0 Å². The molecule has 2 heteroatoms. The van der Waals surface area contributed by atoms with E-state index in [-0.39, 0.29) is 11.0 Å². The standard InChI is InChI=1S/C17H31NO/c1-15(11-9-14-19-17(5,6)7)18(8)13-10-12-16(2,3)4/h1,9,11,13-14H2,2-8H3. The maximum Gasteiger partial charge on any atom is 0.0788 e. The van der Waals surface area contributed by atoms with Crippen LogP contribution in [0.15, 0.2) is 12.3 Å². The highest BCUT2D eigenvalue weighted by Crippen LogP contribution is 2.12. The van der Waals surface area contributed by atoms with Gasteiger partial charge in [0, 0.05) is 24.8 Å². The predicted octanol–water partition coefficient (Wildman–Crippen LogP) is 4.08. The summed E-state index contributed by atoms with van der Waals surface area (Å²) in [6.45, 7) is 18.2. The zero-order valence-corrected chi connectivity index (χ0v) is 13.9. The summed E-state index contributed by atoms with van der Waals surface area (Å²) in [5.74, 6) is 6.44. The van der Waals surface area contributed by atoms with Gasteiger partial charge in [-0.2, -0.15) is 0 Å². The summed E-state index contributed by atoms with van der Waals surface area (Å²) in [5.41, 5.74) is 1.15. The fourth-order valence-corrected chi connectivity index (χ4v) is 1.38. The van der Waals surface area contributed by atoms with Crippen molar-refractivity contribution in [2.75, 3.05) is 20.2 Å². The third-order valence-corrected chi connectivity index (χ3v) is 2.46. The summed E-state index contributed by atoms with van der Waals surface area (Å²) < 4.78 is 5.70. The van der Waals surface area contributed by atoms with Crippen LogP contribution in [-0.2, 0) is 4.74 Å². The second kappa shape index (κ2) is 7.60. The number of rotatable bonds is 6. The van der Waals surface area contributed by atoms with Gasteiger partial charge in [-0.1, -0.05) is 18.4 Å². The van der Waals surface area contributed by atoms with Crippen LogP contribution in [0, 0.1) is 17.3 Å². The summed E-state index contributed by atoms with van der Waals surface area (Å²) in [5, 5.41) is 0. The second-order valence-corrected chi connectivity index (χ2v) is 7.04. The molecule has 0 aliphatic heterocycles. The van der Waals surface area contributed by atoms with Crippen molar-refractivity contribution in [2.24, 2.45) is 5.41 Å². The molecule has 0 spiro atoms. The number of allylic oxidation sites excluding steroid dienone is 1. The molecular weight excluding hydrogens is 234 g/mol. The molecule has 0 unspecified atom stereocenters. The van der Waals surface area contributed by atoms with E-state index >= 15 is 0 Å². The molecule has 19 heavy (non-hydrogen) atoms. The first kappa shape index (κ1) is 18.1. The lowest BCUT2D eigenvalue weighted by Crippen LogP contribution is -2.21. The molecular formula is C17H31NO. The van der Waals surface area contributed by atoms with E-state index < -0.39 is 0 Å². The molecule has 0 aliphatic carbocycles. The van der Waals surface area contributed by atoms with Gasteiger partial charge in [-0.25, -0.2) is 0 Å². The third kappa shape index (κ3) is 11.9. The van der Waals surface area contributed by atoms with Crippen molar-refractivity contribution in [3.63, 3.8) is 0 Å². The van der Waals surface area contributed by atoms with Gasteiger partial charge in [0.25, 0.3) is 0 Å². The van der Waals surface area contributed by atoms with Crippen LogP contribution in [0.3, 0.4) is 0 Å². The summed E-state index contributed by atoms with van der Waals surface area (Å²) in [7, 11) is 2.05. The Labute approximate surface area is 120 Å². The molecule has 0 atom stereocenters. The highest BCUT2D eigenvalue weighted by molar-refractivity contribution is 5.10. The lowest BCUT2D eigenvalue weighted by Gasteiger charge is -2.22. The Morgan fingerprint density at radius 1 is 1.16 bits per heavy atom. The fraction of sp³-hybridized carbons (Fsp3) is 0.765. The lowest BCUT2D eigenvalue weighted by atomic mass is 9.98. The van der Waals surface area contributed by atoms with Gasteiger partial charge >= 0.3 is 0 Å². The van der Waals surface area contributed by atoms with Crippen LogP contribution in [-0.4, -0.2) is 30.7 Å². The maximum atomic E-state index is 5.70. The summed E-state index contributed by atoms with van der Waals surface area (Å²) in [4.78, 5) is 2.12. The molecule has 0 heterocycles. The van der Waals surface area contributed by atoms with Crippen LogP contribution in [0.4, 0.5) is 0 Å². The molecule has 0 rings (SSSR count). The lowest BCUT2D eigenvalue weighted by molar-refractivity contribution is -0.00422. The van der Waals surface area contributed by atoms with Gasteiger partial charge in [0.1, 0.15) is 0 Å². The summed E-state index contributed by atoms with van der Waals surface area (Å²) in [6.07, 6.45) is 1.97. The Hall–Kier alpha value is -0.940. The highest BCUT2D eigenvalue weighted by atomic mass is 16.5. The average Bonchev–Trinajstić information content (AvgIpc) is 2.20. The molecule has 0 aromatic heterocycles. The van der Waals surface area contributed by atoms with Crippen molar-refractivity contribution < 1.29 is 4.74 Å². The van der Waals surface area contributed by atoms with E-state index in [9.17, 15) is 0 Å². The Bertz CT molecular complexity index is 333. The second-order valence-electron chi connectivity index (χ2n) is 7.04. The molecule has 0 radical (unpaired) electrons. The molecule has 2 nitrogen and oxygen atoms in total. The van der Waals surface area contributed by atoms with E-state index in [0.717, 1.165) is 31.7 Å². The maximum absolute atomic E-state index is 5.70. The van der Waals surface area contributed by atoms with Crippen LogP contribution in [0.2, 0.25) is 0 Å². The molecule has 0 aromatic carbocycles. The monoisotopic (exact) mass is 265 g/mol. The quantitative estimate of drug-likeness (QED) is 0.530. The minimum atomic E-state index is -0.0502. The normalized spacial score (nSPS) is 11.7. The van der Waals surface area contributed by atoms with E-state index in [4.69, 9.17) is 4.74 Å². The zero-order valence-electron chi connectivity index (χ0n) is 13.9. The van der Waals surface area contributed by atoms with E-state index in [1.807, 2.05) is 7.05 Å². The largest absolute Gasteiger partial charge is 0.376 e. The molecule has 0 aromatic rings. The number of ether oxygens (including phenoxy) is 1. The first-order chi connectivity index (χ1) is 8.51. The Balaban J connectivity index is 3.91. The van der Waals surface area contributed by atoms with Gasteiger partial charge in [-0.05, 0) is 54.4 Å². The number of nitrogens with zero attached hydrogens (tertiary/aromatic N) is 1. The van der Waals surface area contributed by atoms with E-state index in [1.165, 1.54) is 0 Å². The van der Waals surface area contributed by atoms with Gasteiger partial charge in [-0.3, -0.25) is 0 Å². The van der Waals surface area contributed by atoms with Gasteiger partial charge in [0.2, 0.25) is 0 Å². The molecule has 0 aliphatic rings. The minimum Gasteiger partial charge on any atom is -0.376 e. The first-order valence-corrected chi connectivity index (χ1v) is 7.04. The highest BCUT2D eigenvalue weighted by Gasteiger charge is 2.09. The van der Waals surface area contributed by atoms with Crippen LogP contribution < -0.4 is 0 Å². The topological polar surface area (TPSA) is 12.5 Å². The Kier molecular flexibility index (Phi) is 7.23. The molecule has 0 bridgehead atoms. The van der Waals surface area contributed by atoms with Crippen LogP contribution in [0.1, 0.15) is 54.4 Å². The van der Waals surface area contributed by atoms with Crippen molar-refractivity contribution in [1.29, 1.82) is 0 Å². The smallest absolute Gasteiger partial charge is 0.0788 e. The van der Waals surface area contributed by atoms with Gasteiger partial charge in [0.15, 0.2) is 0 Å². The number of hydrogen-bond donors (Lipinski definition) is 0. The summed E-state index contributed by atoms with van der Waals surface area (Å²) >= 11 is 0. The van der Waals surface area contributed by atoms with Crippen molar-refractivity contribution in [3.8, 4) is 11.8 Å². The van der Waals surface area contributed by atoms with Gasteiger partial charge < -0.3 is 9.64 Å². The fourth-order valence-electron chi connectivity index (χ4n) is 1.38. The summed E-state index contributed by atoms with van der Waals surface area (Å²) in [6, 6.07) is 0. The molecule has 0 amide bonds. The van der Waals surface area contributed by atoms with Crippen molar-refractivity contribution >= 4 is 0 Å². The van der Waals surface area contributed by atoms with Gasteiger partial charge in [0.05, 0.1) is 12.1 Å². The molecule has 0 saturated heterocycles. The number of hydrogen-bond acceptors (Lipinski definition) is 2. The first-order valence-electron chi connectivity index (χ1n) is 7.04. The van der Waals surface area contributed by atoms with E-state index in [1.54, 1.807) is 0 Å². The van der Waals surface area contributed by atoms with E-state index in [0.29, 0.717) is 0 Å². The SMILES string of the molecule is C=C(CCCOC(C)(C)C)N(C)CC#CC(C)(C)C. The Morgan fingerprint density at radius 2 is 1.74 bits per heavy atom. The van der Waals surface area contributed by atoms with Crippen molar-refractivity contribution in [1.82, 2.24) is 4.90 Å². The van der Waals surface area contributed by atoms with Crippen molar-refractivity contribution in [2.45, 2.75) is 60.0 Å². The minimum absolute atomic E-state index is 0.0502. The van der Waals surface area contributed by atoms with Crippen LogP contribution in [0.5, 0.6) is 0 Å².